The zero-order chi connectivity index (χ0) is 22.1. The van der Waals surface area contributed by atoms with E-state index in [4.69, 9.17) is 14.5 Å². The Kier molecular flexibility index (Phi) is 11.3. The molecule has 3 rings (SSSR count). The van der Waals surface area contributed by atoms with Crippen LogP contribution in [-0.2, 0) is 15.7 Å². The van der Waals surface area contributed by atoms with Crippen molar-refractivity contribution in [3.05, 3.63) is 29.8 Å². The van der Waals surface area contributed by atoms with E-state index in [1.54, 1.807) is 6.07 Å². The second-order valence-electron chi connectivity index (χ2n) is 7.92. The molecule has 0 aromatic heterocycles. The minimum absolute atomic E-state index is 0. The van der Waals surface area contributed by atoms with Crippen molar-refractivity contribution in [1.82, 2.24) is 10.2 Å². The first-order valence-corrected chi connectivity index (χ1v) is 11.1. The quantitative estimate of drug-likeness (QED) is 0.223. The molecule has 0 bridgehead atoms. The van der Waals surface area contributed by atoms with E-state index >= 15 is 0 Å². The number of benzene rings is 1. The summed E-state index contributed by atoms with van der Waals surface area (Å²) in [6.07, 6.45) is -2.39. The Labute approximate surface area is 205 Å². The fraction of sp³-hybridized carbons (Fsp3) is 0.682. The van der Waals surface area contributed by atoms with Crippen LogP contribution in [0.3, 0.4) is 0 Å². The lowest BCUT2D eigenvalue weighted by Crippen LogP contribution is -2.52. The van der Waals surface area contributed by atoms with Gasteiger partial charge in [0.05, 0.1) is 18.8 Å². The van der Waals surface area contributed by atoms with Gasteiger partial charge in [-0.05, 0) is 38.0 Å². The number of hydrogen-bond donors (Lipinski definition) is 1. The molecule has 6 nitrogen and oxygen atoms in total. The van der Waals surface area contributed by atoms with E-state index in [0.29, 0.717) is 50.9 Å². The van der Waals surface area contributed by atoms with Crippen molar-refractivity contribution in [3.8, 4) is 0 Å². The number of alkyl halides is 3. The third kappa shape index (κ3) is 8.26. The van der Waals surface area contributed by atoms with Crippen molar-refractivity contribution in [3.63, 3.8) is 0 Å². The van der Waals surface area contributed by atoms with Gasteiger partial charge in [0.2, 0.25) is 0 Å². The molecule has 0 aliphatic carbocycles. The van der Waals surface area contributed by atoms with Crippen LogP contribution in [0.15, 0.2) is 29.3 Å². The van der Waals surface area contributed by atoms with Gasteiger partial charge in [-0.15, -0.1) is 24.0 Å². The Balaban J connectivity index is 0.00000363. The number of anilines is 1. The zero-order valence-corrected chi connectivity index (χ0v) is 20.9. The van der Waals surface area contributed by atoms with Gasteiger partial charge in [0.1, 0.15) is 0 Å². The third-order valence-corrected chi connectivity index (χ3v) is 5.54. The molecule has 1 atom stereocenters. The van der Waals surface area contributed by atoms with Gasteiger partial charge in [0.15, 0.2) is 5.96 Å². The Bertz CT molecular complexity index is 707. The van der Waals surface area contributed by atoms with Gasteiger partial charge < -0.3 is 24.6 Å². The SMILES string of the molecule is CCNC(=NCCCOCC1CCOC1)N1CCN(c2cccc(C(F)(F)F)c2)CC1.I. The minimum atomic E-state index is -4.32. The number of ether oxygens (including phenoxy) is 2. The average molecular weight is 570 g/mol. The van der Waals surface area contributed by atoms with Gasteiger partial charge in [0, 0.05) is 64.1 Å². The van der Waals surface area contributed by atoms with Crippen LogP contribution in [0.25, 0.3) is 0 Å². The first kappa shape index (κ1) is 27.0. The lowest BCUT2D eigenvalue weighted by molar-refractivity contribution is -0.137. The zero-order valence-electron chi connectivity index (χ0n) is 18.6. The second kappa shape index (κ2) is 13.4. The highest BCUT2D eigenvalue weighted by Gasteiger charge is 2.31. The summed E-state index contributed by atoms with van der Waals surface area (Å²) in [6.45, 7) is 9.27. The lowest BCUT2D eigenvalue weighted by atomic mass is 10.1. The predicted molar refractivity (Wildman–Crippen MR) is 131 cm³/mol. The minimum Gasteiger partial charge on any atom is -0.381 e. The van der Waals surface area contributed by atoms with Crippen LogP contribution in [0.4, 0.5) is 18.9 Å². The molecule has 1 aromatic carbocycles. The molecule has 2 aliphatic rings. The first-order chi connectivity index (χ1) is 15.0. The fourth-order valence-corrected chi connectivity index (χ4v) is 3.80. The molecule has 0 spiro atoms. The van der Waals surface area contributed by atoms with Crippen LogP contribution >= 0.6 is 24.0 Å². The standard InChI is InChI=1S/C22H33F3N4O2.HI/c1-2-26-21(27-8-4-13-30-16-18-7-14-31-17-18)29-11-9-28(10-12-29)20-6-3-5-19(15-20)22(23,24)25;/h3,5-6,15,18H,2,4,7-14,16-17H2,1H3,(H,26,27);1H. The van der Waals surface area contributed by atoms with E-state index in [0.717, 1.165) is 51.2 Å². The van der Waals surface area contributed by atoms with Gasteiger partial charge in [-0.3, -0.25) is 4.99 Å². The molecule has 0 saturated carbocycles. The van der Waals surface area contributed by atoms with Gasteiger partial charge >= 0.3 is 6.18 Å². The van der Waals surface area contributed by atoms with Crippen LogP contribution < -0.4 is 10.2 Å². The Morgan fingerprint density at radius 2 is 2.03 bits per heavy atom. The summed E-state index contributed by atoms with van der Waals surface area (Å²) in [5, 5.41) is 3.32. The average Bonchev–Trinajstić information content (AvgIpc) is 3.28. The van der Waals surface area contributed by atoms with E-state index in [1.165, 1.54) is 12.1 Å². The van der Waals surface area contributed by atoms with Gasteiger partial charge in [-0.25, -0.2) is 0 Å². The van der Waals surface area contributed by atoms with Crippen LogP contribution in [0, 0.1) is 5.92 Å². The van der Waals surface area contributed by atoms with Gasteiger partial charge in [-0.1, -0.05) is 6.07 Å². The summed E-state index contributed by atoms with van der Waals surface area (Å²) >= 11 is 0. The maximum atomic E-state index is 13.0. The molecule has 0 amide bonds. The molecule has 2 fully saturated rings. The predicted octanol–water partition coefficient (Wildman–Crippen LogP) is 3.85. The summed E-state index contributed by atoms with van der Waals surface area (Å²) < 4.78 is 50.1. The monoisotopic (exact) mass is 570 g/mol. The van der Waals surface area contributed by atoms with Crippen molar-refractivity contribution in [2.75, 3.05) is 70.6 Å². The van der Waals surface area contributed by atoms with Gasteiger partial charge in [-0.2, -0.15) is 13.2 Å². The highest BCUT2D eigenvalue weighted by atomic mass is 127. The molecular weight excluding hydrogens is 536 g/mol. The molecule has 2 saturated heterocycles. The molecule has 32 heavy (non-hydrogen) atoms. The number of nitrogens with one attached hydrogen (secondary N) is 1. The van der Waals surface area contributed by atoms with Crippen molar-refractivity contribution in [1.29, 1.82) is 0 Å². The number of hydrogen-bond acceptors (Lipinski definition) is 4. The van der Waals surface area contributed by atoms with Crippen LogP contribution in [0.2, 0.25) is 0 Å². The molecule has 1 N–H and O–H groups in total. The largest absolute Gasteiger partial charge is 0.416 e. The van der Waals surface area contributed by atoms with Crippen molar-refractivity contribution in [2.24, 2.45) is 10.9 Å². The summed E-state index contributed by atoms with van der Waals surface area (Å²) in [4.78, 5) is 8.88. The normalized spacial score (nSPS) is 19.8. The molecule has 0 radical (unpaired) electrons. The Hall–Kier alpha value is -1.27. The summed E-state index contributed by atoms with van der Waals surface area (Å²) in [5.41, 5.74) is 0.00577. The maximum Gasteiger partial charge on any atom is 0.416 e. The van der Waals surface area contributed by atoms with Crippen molar-refractivity contribution < 1.29 is 22.6 Å². The Morgan fingerprint density at radius 3 is 2.69 bits per heavy atom. The third-order valence-electron chi connectivity index (χ3n) is 5.54. The molecular formula is C22H34F3IN4O2. The van der Waals surface area contributed by atoms with Crippen molar-refractivity contribution >= 4 is 35.6 Å². The summed E-state index contributed by atoms with van der Waals surface area (Å²) in [7, 11) is 0. The van der Waals surface area contributed by atoms with Crippen LogP contribution in [0.5, 0.6) is 0 Å². The fourth-order valence-electron chi connectivity index (χ4n) is 3.80. The number of piperazine rings is 1. The number of nitrogens with zero attached hydrogens (tertiary/aromatic N) is 3. The molecule has 1 unspecified atom stereocenters. The summed E-state index contributed by atoms with van der Waals surface area (Å²) in [6, 6.07) is 5.55. The molecule has 1 aromatic rings. The number of aliphatic imine (C=N–C) groups is 1. The van der Waals surface area contributed by atoms with E-state index in [-0.39, 0.29) is 24.0 Å². The number of halogens is 4. The molecule has 2 heterocycles. The number of guanidine groups is 1. The lowest BCUT2D eigenvalue weighted by Gasteiger charge is -2.38. The highest BCUT2D eigenvalue weighted by Crippen LogP contribution is 2.31. The molecule has 10 heteroatoms. The number of rotatable bonds is 8. The highest BCUT2D eigenvalue weighted by molar-refractivity contribution is 14.0. The Morgan fingerprint density at radius 1 is 1.25 bits per heavy atom. The maximum absolute atomic E-state index is 13.0. The molecule has 2 aliphatic heterocycles. The first-order valence-electron chi connectivity index (χ1n) is 11.1. The smallest absolute Gasteiger partial charge is 0.381 e. The second-order valence-corrected chi connectivity index (χ2v) is 7.92. The van der Waals surface area contributed by atoms with E-state index < -0.39 is 11.7 Å². The van der Waals surface area contributed by atoms with Gasteiger partial charge in [0.25, 0.3) is 0 Å². The van der Waals surface area contributed by atoms with E-state index in [1.807, 2.05) is 11.8 Å². The van der Waals surface area contributed by atoms with Crippen LogP contribution in [-0.4, -0.2) is 76.6 Å². The van der Waals surface area contributed by atoms with Crippen molar-refractivity contribution in [2.45, 2.75) is 25.9 Å². The van der Waals surface area contributed by atoms with E-state index in [2.05, 4.69) is 10.2 Å². The summed E-state index contributed by atoms with van der Waals surface area (Å²) in [5.74, 6) is 1.38. The topological polar surface area (TPSA) is 49.3 Å². The van der Waals surface area contributed by atoms with Crippen LogP contribution in [0.1, 0.15) is 25.3 Å². The van der Waals surface area contributed by atoms with E-state index in [9.17, 15) is 13.2 Å². The molecule has 182 valence electrons.